The van der Waals surface area contributed by atoms with Gasteiger partial charge in [-0.1, -0.05) is 25.4 Å². The van der Waals surface area contributed by atoms with Crippen molar-refractivity contribution in [2.24, 2.45) is 5.92 Å². The zero-order valence-corrected chi connectivity index (χ0v) is 6.48. The van der Waals surface area contributed by atoms with Crippen molar-refractivity contribution in [2.75, 3.05) is 0 Å². The summed E-state index contributed by atoms with van der Waals surface area (Å²) < 4.78 is 0. The van der Waals surface area contributed by atoms with Crippen molar-refractivity contribution in [1.82, 2.24) is 0 Å². The van der Waals surface area contributed by atoms with Crippen molar-refractivity contribution >= 4 is 17.4 Å². The average molecular weight is 147 g/mol. The Balaban J connectivity index is 3.73. The van der Waals surface area contributed by atoms with Crippen LogP contribution in [0.15, 0.2) is 11.6 Å². The molecule has 0 aliphatic rings. The molecule has 0 amide bonds. The van der Waals surface area contributed by atoms with Crippen LogP contribution in [0.25, 0.3) is 0 Å². The molecule has 0 saturated carbocycles. The fourth-order valence-corrected chi connectivity index (χ4v) is 0.552. The zero-order valence-electron chi connectivity index (χ0n) is 5.73. The third-order valence-corrected chi connectivity index (χ3v) is 1.45. The Hall–Kier alpha value is -0.300. The van der Waals surface area contributed by atoms with Crippen LogP contribution in [0.3, 0.4) is 0 Å². The van der Waals surface area contributed by atoms with Gasteiger partial charge in [-0.05, 0) is 12.5 Å². The van der Waals surface area contributed by atoms with Gasteiger partial charge in [0.25, 0.3) is 0 Å². The van der Waals surface area contributed by atoms with Crippen LogP contribution in [0.2, 0.25) is 0 Å². The van der Waals surface area contributed by atoms with Crippen LogP contribution in [0, 0.1) is 5.92 Å². The van der Waals surface area contributed by atoms with Gasteiger partial charge < -0.3 is 0 Å². The zero-order chi connectivity index (χ0) is 7.28. The third-order valence-electron chi connectivity index (χ3n) is 1.33. The van der Waals surface area contributed by atoms with Gasteiger partial charge in [0.05, 0.1) is 0 Å². The van der Waals surface area contributed by atoms with Crippen molar-refractivity contribution < 1.29 is 4.79 Å². The van der Waals surface area contributed by atoms with Gasteiger partial charge in [-0.2, -0.15) is 0 Å². The maximum absolute atomic E-state index is 10.8. The van der Waals surface area contributed by atoms with E-state index < -0.39 is 0 Å². The quantitative estimate of drug-likeness (QED) is 0.559. The summed E-state index contributed by atoms with van der Waals surface area (Å²) in [5.41, 5.74) is 1.26. The lowest BCUT2D eigenvalue weighted by Crippen LogP contribution is -2.05. The van der Waals surface area contributed by atoms with Crippen molar-refractivity contribution in [3.8, 4) is 0 Å². The molecule has 0 bridgehead atoms. The lowest BCUT2D eigenvalue weighted by atomic mass is 10.0. The number of hydrogen-bond donors (Lipinski definition) is 0. The summed E-state index contributed by atoms with van der Waals surface area (Å²) in [5, 5.41) is 0. The first-order valence-corrected chi connectivity index (χ1v) is 3.46. The van der Waals surface area contributed by atoms with E-state index in [-0.39, 0.29) is 11.7 Å². The van der Waals surface area contributed by atoms with Crippen LogP contribution in [-0.2, 0) is 4.79 Å². The molecule has 0 spiro atoms. The molecule has 1 nitrogen and oxygen atoms in total. The van der Waals surface area contributed by atoms with Crippen molar-refractivity contribution in [1.29, 1.82) is 0 Å². The van der Waals surface area contributed by atoms with Crippen LogP contribution in [0.1, 0.15) is 20.3 Å². The summed E-state index contributed by atoms with van der Waals surface area (Å²) >= 11 is 5.20. The van der Waals surface area contributed by atoms with Crippen molar-refractivity contribution in [2.45, 2.75) is 20.3 Å². The molecule has 0 heterocycles. The molecule has 2 heteroatoms. The first-order chi connectivity index (χ1) is 4.22. The molecule has 0 rings (SSSR count). The smallest absolute Gasteiger partial charge is 0.159 e. The molecule has 0 N–H and O–H groups in total. The lowest BCUT2D eigenvalue weighted by Gasteiger charge is -1.99. The number of carbonyl (C=O) groups is 1. The Morgan fingerprint density at radius 3 is 2.67 bits per heavy atom. The van der Waals surface area contributed by atoms with Gasteiger partial charge >= 0.3 is 0 Å². The first-order valence-electron chi connectivity index (χ1n) is 3.03. The monoisotopic (exact) mass is 146 g/mol. The van der Waals surface area contributed by atoms with Gasteiger partial charge in [0.1, 0.15) is 0 Å². The summed E-state index contributed by atoms with van der Waals surface area (Å²) in [6.07, 6.45) is 2.27. The molecule has 0 aromatic rings. The van der Waals surface area contributed by atoms with Gasteiger partial charge in [-0.25, -0.2) is 0 Å². The molecule has 0 aromatic carbocycles. The van der Waals surface area contributed by atoms with Crippen LogP contribution in [0.4, 0.5) is 0 Å². The molecule has 1 atom stereocenters. The standard InChI is InChI=1S/C7H11ClO/c1-3-6(2)7(9)4-5-8/h4-6H,3H2,1-2H3/b5-4+/t6-/m1/s1. The Kier molecular flexibility index (Phi) is 4.41. The third kappa shape index (κ3) is 3.31. The minimum atomic E-state index is 0.104. The Morgan fingerprint density at radius 1 is 1.78 bits per heavy atom. The second-order valence-electron chi connectivity index (χ2n) is 2.00. The second-order valence-corrected chi connectivity index (χ2v) is 2.26. The lowest BCUT2D eigenvalue weighted by molar-refractivity contribution is -0.117. The highest BCUT2D eigenvalue weighted by Crippen LogP contribution is 2.02. The topological polar surface area (TPSA) is 17.1 Å². The van der Waals surface area contributed by atoms with Crippen LogP contribution in [-0.4, -0.2) is 5.78 Å². The minimum absolute atomic E-state index is 0.104. The van der Waals surface area contributed by atoms with Crippen LogP contribution in [0.5, 0.6) is 0 Å². The number of allylic oxidation sites excluding steroid dienone is 1. The summed E-state index contributed by atoms with van der Waals surface area (Å²) in [6, 6.07) is 0. The highest BCUT2D eigenvalue weighted by atomic mass is 35.5. The normalized spacial score (nSPS) is 14.1. The van der Waals surface area contributed by atoms with Crippen molar-refractivity contribution in [3.63, 3.8) is 0 Å². The number of rotatable bonds is 3. The number of halogens is 1. The largest absolute Gasteiger partial charge is 0.295 e. The molecule has 0 aliphatic heterocycles. The van der Waals surface area contributed by atoms with E-state index in [0.717, 1.165) is 6.42 Å². The maximum atomic E-state index is 10.8. The molecular weight excluding hydrogens is 136 g/mol. The van der Waals surface area contributed by atoms with E-state index >= 15 is 0 Å². The summed E-state index contributed by atoms with van der Waals surface area (Å²) in [6.45, 7) is 3.86. The predicted molar refractivity (Wildman–Crippen MR) is 39.5 cm³/mol. The Labute approximate surface area is 60.7 Å². The maximum Gasteiger partial charge on any atom is 0.159 e. The van der Waals surface area contributed by atoms with Crippen LogP contribution >= 0.6 is 11.6 Å². The molecule has 0 aliphatic carbocycles. The first kappa shape index (κ1) is 8.70. The van der Waals surface area contributed by atoms with Crippen molar-refractivity contribution in [3.05, 3.63) is 11.6 Å². The van der Waals surface area contributed by atoms with Gasteiger partial charge in [0.2, 0.25) is 0 Å². The molecule has 9 heavy (non-hydrogen) atoms. The number of ketones is 1. The van der Waals surface area contributed by atoms with E-state index in [2.05, 4.69) is 0 Å². The fourth-order valence-electron chi connectivity index (χ4n) is 0.428. The summed E-state index contributed by atoms with van der Waals surface area (Å²) in [7, 11) is 0. The molecular formula is C7H11ClO. The molecule has 0 unspecified atom stereocenters. The van der Waals surface area contributed by atoms with Gasteiger partial charge in [0.15, 0.2) is 5.78 Å². The highest BCUT2D eigenvalue weighted by Gasteiger charge is 2.04. The Morgan fingerprint density at radius 2 is 2.33 bits per heavy atom. The van der Waals surface area contributed by atoms with E-state index in [4.69, 9.17) is 11.6 Å². The molecule has 52 valence electrons. The van der Waals surface area contributed by atoms with E-state index in [1.165, 1.54) is 11.6 Å². The summed E-state index contributed by atoms with van der Waals surface area (Å²) in [5.74, 6) is 0.215. The minimum Gasteiger partial charge on any atom is -0.295 e. The predicted octanol–water partition coefficient (Wildman–Crippen LogP) is 2.35. The number of carbonyl (C=O) groups excluding carboxylic acids is 1. The van der Waals surface area contributed by atoms with Crippen LogP contribution < -0.4 is 0 Å². The number of hydrogen-bond acceptors (Lipinski definition) is 1. The van der Waals surface area contributed by atoms with E-state index in [9.17, 15) is 4.79 Å². The SMILES string of the molecule is CC[C@@H](C)C(=O)/C=C/Cl. The van der Waals surface area contributed by atoms with Gasteiger partial charge in [-0.15, -0.1) is 0 Å². The highest BCUT2D eigenvalue weighted by molar-refractivity contribution is 6.26. The van der Waals surface area contributed by atoms with Gasteiger partial charge in [0, 0.05) is 11.5 Å². The van der Waals surface area contributed by atoms with Gasteiger partial charge in [-0.3, -0.25) is 4.79 Å². The van der Waals surface area contributed by atoms with E-state index in [1.54, 1.807) is 0 Å². The Bertz CT molecular complexity index is 118. The molecule has 0 fully saturated rings. The van der Waals surface area contributed by atoms with E-state index in [1.807, 2.05) is 13.8 Å². The molecule has 0 radical (unpaired) electrons. The average Bonchev–Trinajstić information content (AvgIpc) is 1.87. The summed E-state index contributed by atoms with van der Waals surface area (Å²) in [4.78, 5) is 10.8. The van der Waals surface area contributed by atoms with E-state index in [0.29, 0.717) is 0 Å². The molecule has 0 saturated heterocycles. The fraction of sp³-hybridized carbons (Fsp3) is 0.571. The molecule has 0 aromatic heterocycles. The second kappa shape index (κ2) is 4.57.